The molecular weight excluding hydrogens is 490 g/mol. The number of aryl methyl sites for hydroxylation is 1. The van der Waals surface area contributed by atoms with Gasteiger partial charge in [-0.1, -0.05) is 61.0 Å². The SMILES string of the molecule is Cc1cc2c(-c3cccc4ccccc34)cccc2[cH-]1.[Cl-].[Cl-].[Hf]. The quantitative estimate of drug-likeness (QED) is 0.247. The number of rotatable bonds is 1. The molecule has 0 saturated heterocycles. The fourth-order valence-corrected chi connectivity index (χ4v) is 3.08. The molecular formula is C20H15Cl2Hf-3. The van der Waals surface area contributed by atoms with Crippen molar-refractivity contribution in [3.05, 3.63) is 78.4 Å². The van der Waals surface area contributed by atoms with Crippen molar-refractivity contribution in [2.75, 3.05) is 0 Å². The molecule has 0 aliphatic heterocycles. The van der Waals surface area contributed by atoms with Crippen LogP contribution in [0.25, 0.3) is 32.7 Å². The van der Waals surface area contributed by atoms with Crippen molar-refractivity contribution in [3.8, 4) is 11.1 Å². The smallest absolute Gasteiger partial charge is 0 e. The van der Waals surface area contributed by atoms with Gasteiger partial charge in [-0.25, -0.2) is 0 Å². The van der Waals surface area contributed by atoms with Gasteiger partial charge in [0.05, 0.1) is 0 Å². The van der Waals surface area contributed by atoms with E-state index >= 15 is 0 Å². The van der Waals surface area contributed by atoms with Gasteiger partial charge in [0.2, 0.25) is 0 Å². The Balaban J connectivity index is 0.000000882. The Kier molecular flexibility index (Phi) is 7.13. The van der Waals surface area contributed by atoms with E-state index in [2.05, 4.69) is 79.7 Å². The Labute approximate surface area is 167 Å². The molecule has 0 N–H and O–H groups in total. The topological polar surface area (TPSA) is 0 Å². The predicted octanol–water partition coefficient (Wildman–Crippen LogP) is -0.307. The van der Waals surface area contributed by atoms with Gasteiger partial charge in [0.25, 0.3) is 0 Å². The van der Waals surface area contributed by atoms with E-state index in [0.29, 0.717) is 0 Å². The first-order valence-electron chi connectivity index (χ1n) is 6.97. The zero-order valence-corrected chi connectivity index (χ0v) is 17.8. The molecule has 116 valence electrons. The van der Waals surface area contributed by atoms with Gasteiger partial charge in [-0.3, -0.25) is 0 Å². The van der Waals surface area contributed by atoms with Crippen LogP contribution in [-0.4, -0.2) is 0 Å². The molecule has 0 atom stereocenters. The normalized spacial score (nSPS) is 9.78. The van der Waals surface area contributed by atoms with E-state index in [9.17, 15) is 0 Å². The van der Waals surface area contributed by atoms with Crippen LogP contribution in [0.15, 0.2) is 72.8 Å². The number of halogens is 2. The molecule has 4 aromatic carbocycles. The van der Waals surface area contributed by atoms with E-state index in [4.69, 9.17) is 0 Å². The predicted molar refractivity (Wildman–Crippen MR) is 87.2 cm³/mol. The first kappa shape index (κ1) is 20.0. The van der Waals surface area contributed by atoms with Crippen LogP contribution in [0, 0.1) is 6.92 Å². The fraction of sp³-hybridized carbons (Fsp3) is 0.0500. The molecule has 0 nitrogen and oxygen atoms in total. The Bertz CT molecular complexity index is 920. The molecule has 0 radical (unpaired) electrons. The van der Waals surface area contributed by atoms with Crippen LogP contribution >= 0.6 is 0 Å². The number of fused-ring (bicyclic) bond motifs is 2. The minimum Gasteiger partial charge on any atom is -1.00 e. The van der Waals surface area contributed by atoms with Crippen LogP contribution < -0.4 is 24.8 Å². The molecule has 0 spiro atoms. The van der Waals surface area contributed by atoms with Crippen LogP contribution in [0.3, 0.4) is 0 Å². The van der Waals surface area contributed by atoms with Gasteiger partial charge in [-0.15, -0.1) is 34.5 Å². The maximum atomic E-state index is 2.28. The van der Waals surface area contributed by atoms with Crippen LogP contribution in [0.5, 0.6) is 0 Å². The molecule has 3 heteroatoms. The maximum absolute atomic E-state index is 2.28. The molecule has 0 fully saturated rings. The molecule has 23 heavy (non-hydrogen) atoms. The van der Waals surface area contributed by atoms with E-state index in [1.165, 1.54) is 38.2 Å². The number of hydrogen-bond donors (Lipinski definition) is 0. The monoisotopic (exact) mass is 505 g/mol. The maximum Gasteiger partial charge on any atom is 0 e. The summed E-state index contributed by atoms with van der Waals surface area (Å²) in [6.45, 7) is 2.16. The Hall–Kier alpha value is -1.02. The van der Waals surface area contributed by atoms with E-state index in [1.54, 1.807) is 0 Å². The second-order valence-corrected chi connectivity index (χ2v) is 5.37. The van der Waals surface area contributed by atoms with E-state index < -0.39 is 0 Å². The van der Waals surface area contributed by atoms with Crippen LogP contribution in [0.2, 0.25) is 0 Å². The number of hydrogen-bond acceptors (Lipinski definition) is 0. The summed E-state index contributed by atoms with van der Waals surface area (Å²) >= 11 is 0. The van der Waals surface area contributed by atoms with Crippen LogP contribution in [-0.2, 0) is 25.8 Å². The van der Waals surface area contributed by atoms with E-state index in [-0.39, 0.29) is 50.7 Å². The molecule has 4 aromatic rings. The second-order valence-electron chi connectivity index (χ2n) is 5.37. The minimum atomic E-state index is 0. The summed E-state index contributed by atoms with van der Waals surface area (Å²) < 4.78 is 0. The van der Waals surface area contributed by atoms with Crippen LogP contribution in [0.1, 0.15) is 5.56 Å². The van der Waals surface area contributed by atoms with Crippen molar-refractivity contribution in [1.82, 2.24) is 0 Å². The fourth-order valence-electron chi connectivity index (χ4n) is 3.08. The minimum absolute atomic E-state index is 0. The summed E-state index contributed by atoms with van der Waals surface area (Å²) in [5.41, 5.74) is 3.97. The third-order valence-electron chi connectivity index (χ3n) is 3.97. The summed E-state index contributed by atoms with van der Waals surface area (Å²) in [7, 11) is 0. The van der Waals surface area contributed by atoms with Gasteiger partial charge in [-0.2, -0.15) is 6.07 Å². The first-order chi connectivity index (χ1) is 9.83. The van der Waals surface area contributed by atoms with E-state index in [0.717, 1.165) is 0 Å². The van der Waals surface area contributed by atoms with E-state index in [1.807, 2.05) is 0 Å². The van der Waals surface area contributed by atoms with Crippen molar-refractivity contribution in [2.24, 2.45) is 0 Å². The summed E-state index contributed by atoms with van der Waals surface area (Å²) in [6.07, 6.45) is 0. The van der Waals surface area contributed by atoms with Crippen molar-refractivity contribution in [3.63, 3.8) is 0 Å². The van der Waals surface area contributed by atoms with Crippen LogP contribution in [0.4, 0.5) is 0 Å². The molecule has 0 saturated carbocycles. The van der Waals surface area contributed by atoms with Gasteiger partial charge < -0.3 is 24.8 Å². The molecule has 0 aliphatic rings. The van der Waals surface area contributed by atoms with Crippen molar-refractivity contribution >= 4 is 21.5 Å². The summed E-state index contributed by atoms with van der Waals surface area (Å²) in [5, 5.41) is 5.29. The van der Waals surface area contributed by atoms with Gasteiger partial charge >= 0.3 is 0 Å². The molecule has 0 bridgehead atoms. The standard InChI is InChI=1S/C20H15.2ClH.Hf/c1-14-12-16-8-5-11-19(20(16)13-14)18-10-4-7-15-6-2-3-9-17(15)18;;;/h2-13H,1H3;2*1H;/q-1;;;/p-2. The van der Waals surface area contributed by atoms with Gasteiger partial charge in [-0.05, 0) is 16.3 Å². The molecule has 4 rings (SSSR count). The van der Waals surface area contributed by atoms with Crippen molar-refractivity contribution in [2.45, 2.75) is 6.92 Å². The summed E-state index contributed by atoms with van der Waals surface area (Å²) in [4.78, 5) is 0. The van der Waals surface area contributed by atoms with Gasteiger partial charge in [0.15, 0.2) is 0 Å². The van der Waals surface area contributed by atoms with Gasteiger partial charge in [0.1, 0.15) is 0 Å². The summed E-state index contributed by atoms with van der Waals surface area (Å²) in [5.74, 6) is 0. The molecule has 0 aliphatic carbocycles. The van der Waals surface area contributed by atoms with Crippen molar-refractivity contribution in [1.29, 1.82) is 0 Å². The first-order valence-corrected chi connectivity index (χ1v) is 6.97. The Morgan fingerprint density at radius 3 is 2.09 bits per heavy atom. The average molecular weight is 505 g/mol. The molecule has 0 unspecified atom stereocenters. The molecule has 0 aromatic heterocycles. The number of benzene rings is 3. The zero-order valence-electron chi connectivity index (χ0n) is 12.7. The Morgan fingerprint density at radius 2 is 1.30 bits per heavy atom. The third kappa shape index (κ3) is 3.57. The molecule has 0 heterocycles. The zero-order chi connectivity index (χ0) is 13.5. The Morgan fingerprint density at radius 1 is 0.696 bits per heavy atom. The largest absolute Gasteiger partial charge is 1.00 e. The average Bonchev–Trinajstić information content (AvgIpc) is 2.87. The summed E-state index contributed by atoms with van der Waals surface area (Å²) in [6, 6.07) is 26.2. The van der Waals surface area contributed by atoms with Crippen molar-refractivity contribution < 1.29 is 50.7 Å². The van der Waals surface area contributed by atoms with Gasteiger partial charge in [0, 0.05) is 25.8 Å². The third-order valence-corrected chi connectivity index (χ3v) is 3.97. The molecule has 0 amide bonds. The second kappa shape index (κ2) is 8.19.